The summed E-state index contributed by atoms with van der Waals surface area (Å²) in [5.41, 5.74) is 5.64. The van der Waals surface area contributed by atoms with Gasteiger partial charge in [-0.25, -0.2) is 9.37 Å². The third-order valence-corrected chi connectivity index (χ3v) is 4.80. The Labute approximate surface area is 159 Å². The summed E-state index contributed by atoms with van der Waals surface area (Å²) in [6.07, 6.45) is 1.60. The van der Waals surface area contributed by atoms with Gasteiger partial charge < -0.3 is 0 Å². The Hall–Kier alpha value is -3.55. The Bertz CT molecular complexity index is 1190. The SMILES string of the molecule is Cc1ccc(C(=O)NNC(=O)c2ccc3c(=O)n4c(nc3c2)CCC4)cc1F. The van der Waals surface area contributed by atoms with Gasteiger partial charge in [0.25, 0.3) is 17.4 Å². The summed E-state index contributed by atoms with van der Waals surface area (Å²) in [6.45, 7) is 2.25. The molecule has 1 aliphatic heterocycles. The van der Waals surface area contributed by atoms with Crippen molar-refractivity contribution in [1.29, 1.82) is 0 Å². The van der Waals surface area contributed by atoms with Gasteiger partial charge in [-0.1, -0.05) is 6.07 Å². The van der Waals surface area contributed by atoms with E-state index in [1.54, 1.807) is 17.6 Å². The molecule has 0 fully saturated rings. The van der Waals surface area contributed by atoms with Gasteiger partial charge in [-0.2, -0.15) is 0 Å². The van der Waals surface area contributed by atoms with E-state index in [1.165, 1.54) is 24.3 Å². The number of carbonyl (C=O) groups excluding carboxylic acids is 2. The molecule has 2 aromatic carbocycles. The minimum atomic E-state index is -0.637. The molecule has 0 saturated carbocycles. The summed E-state index contributed by atoms with van der Waals surface area (Å²) < 4.78 is 15.2. The van der Waals surface area contributed by atoms with Crippen molar-refractivity contribution < 1.29 is 14.0 Å². The molecule has 142 valence electrons. The zero-order valence-electron chi connectivity index (χ0n) is 15.1. The van der Waals surface area contributed by atoms with Crippen LogP contribution in [0.5, 0.6) is 0 Å². The van der Waals surface area contributed by atoms with Crippen LogP contribution in [-0.2, 0) is 13.0 Å². The van der Waals surface area contributed by atoms with E-state index in [2.05, 4.69) is 15.8 Å². The lowest BCUT2D eigenvalue weighted by Crippen LogP contribution is -2.41. The maximum absolute atomic E-state index is 13.6. The predicted molar refractivity (Wildman–Crippen MR) is 100 cm³/mol. The van der Waals surface area contributed by atoms with Crippen molar-refractivity contribution in [1.82, 2.24) is 20.4 Å². The van der Waals surface area contributed by atoms with Crippen molar-refractivity contribution in [2.24, 2.45) is 0 Å². The molecule has 7 nitrogen and oxygen atoms in total. The van der Waals surface area contributed by atoms with Crippen LogP contribution >= 0.6 is 0 Å². The zero-order chi connectivity index (χ0) is 19.8. The van der Waals surface area contributed by atoms with Crippen molar-refractivity contribution in [3.8, 4) is 0 Å². The molecule has 2 amide bonds. The summed E-state index contributed by atoms with van der Waals surface area (Å²) in [5, 5.41) is 0.446. The van der Waals surface area contributed by atoms with Crippen LogP contribution in [-0.4, -0.2) is 21.4 Å². The van der Waals surface area contributed by atoms with E-state index in [-0.39, 0.29) is 16.7 Å². The molecule has 2 N–H and O–H groups in total. The molecule has 0 bridgehead atoms. The van der Waals surface area contributed by atoms with Crippen LogP contribution in [0.2, 0.25) is 0 Å². The van der Waals surface area contributed by atoms with Gasteiger partial charge in [0.1, 0.15) is 11.6 Å². The van der Waals surface area contributed by atoms with Crippen molar-refractivity contribution in [3.63, 3.8) is 0 Å². The van der Waals surface area contributed by atoms with E-state index >= 15 is 0 Å². The van der Waals surface area contributed by atoms with Gasteiger partial charge in [-0.15, -0.1) is 0 Å². The summed E-state index contributed by atoms with van der Waals surface area (Å²) in [6, 6.07) is 8.63. The Balaban J connectivity index is 1.52. The first-order valence-corrected chi connectivity index (χ1v) is 8.84. The molecule has 3 aromatic rings. The van der Waals surface area contributed by atoms with Crippen LogP contribution in [0.1, 0.15) is 38.5 Å². The van der Waals surface area contributed by atoms with Gasteiger partial charge in [-0.05, 0) is 49.2 Å². The number of nitrogens with zero attached hydrogens (tertiary/aromatic N) is 2. The first-order chi connectivity index (χ1) is 13.4. The highest BCUT2D eigenvalue weighted by Crippen LogP contribution is 2.16. The molecule has 0 unspecified atom stereocenters. The second-order valence-corrected chi connectivity index (χ2v) is 6.69. The van der Waals surface area contributed by atoms with Crippen LogP contribution in [0.3, 0.4) is 0 Å². The van der Waals surface area contributed by atoms with Crippen LogP contribution < -0.4 is 16.4 Å². The molecular weight excluding hydrogens is 363 g/mol. The second kappa shape index (κ2) is 6.88. The average Bonchev–Trinajstić information content (AvgIpc) is 3.16. The Morgan fingerprint density at radius 3 is 2.46 bits per heavy atom. The number of amides is 2. The van der Waals surface area contributed by atoms with E-state index in [0.717, 1.165) is 18.9 Å². The topological polar surface area (TPSA) is 93.1 Å². The smallest absolute Gasteiger partial charge is 0.269 e. The molecule has 0 atom stereocenters. The monoisotopic (exact) mass is 380 g/mol. The van der Waals surface area contributed by atoms with Gasteiger partial charge in [0, 0.05) is 24.1 Å². The summed E-state index contributed by atoms with van der Waals surface area (Å²) >= 11 is 0. The van der Waals surface area contributed by atoms with Gasteiger partial charge in [-0.3, -0.25) is 29.8 Å². The number of benzene rings is 2. The molecule has 1 aliphatic rings. The lowest BCUT2D eigenvalue weighted by atomic mass is 10.1. The van der Waals surface area contributed by atoms with E-state index < -0.39 is 17.6 Å². The molecular formula is C20H17FN4O3. The van der Waals surface area contributed by atoms with E-state index in [4.69, 9.17) is 0 Å². The fourth-order valence-corrected chi connectivity index (χ4v) is 3.22. The highest BCUT2D eigenvalue weighted by molar-refractivity contribution is 6.00. The number of nitrogens with one attached hydrogen (secondary N) is 2. The fraction of sp³-hybridized carbons (Fsp3) is 0.200. The van der Waals surface area contributed by atoms with E-state index in [0.29, 0.717) is 28.8 Å². The Morgan fingerprint density at radius 2 is 1.75 bits per heavy atom. The number of aryl methyl sites for hydroxylation is 2. The van der Waals surface area contributed by atoms with Gasteiger partial charge in [0.15, 0.2) is 0 Å². The minimum absolute atomic E-state index is 0.0900. The number of carbonyl (C=O) groups is 2. The fourth-order valence-electron chi connectivity index (χ4n) is 3.22. The largest absolute Gasteiger partial charge is 0.296 e. The van der Waals surface area contributed by atoms with Crippen LogP contribution in [0.25, 0.3) is 10.9 Å². The lowest BCUT2D eigenvalue weighted by Gasteiger charge is -2.09. The highest BCUT2D eigenvalue weighted by atomic mass is 19.1. The van der Waals surface area contributed by atoms with Crippen molar-refractivity contribution >= 4 is 22.7 Å². The summed E-state index contributed by atoms with van der Waals surface area (Å²) in [5.74, 6) is -0.990. The Kier molecular flexibility index (Phi) is 4.38. The standard InChI is InChI=1S/C20H17FN4O3/c1-11-4-5-12(9-15(11)21)18(26)23-24-19(27)13-6-7-14-16(10-13)22-17-3-2-8-25(17)20(14)28/h4-7,9-10H,2-3,8H2,1H3,(H,23,26)(H,24,27). The van der Waals surface area contributed by atoms with Crippen LogP contribution in [0.4, 0.5) is 4.39 Å². The first kappa shape index (κ1) is 17.8. The number of rotatable bonds is 2. The zero-order valence-corrected chi connectivity index (χ0v) is 15.1. The predicted octanol–water partition coefficient (Wildman–Crippen LogP) is 1.87. The second-order valence-electron chi connectivity index (χ2n) is 6.69. The lowest BCUT2D eigenvalue weighted by molar-refractivity contribution is 0.0846. The molecule has 4 rings (SSSR count). The van der Waals surface area contributed by atoms with Gasteiger partial charge >= 0.3 is 0 Å². The van der Waals surface area contributed by atoms with E-state index in [9.17, 15) is 18.8 Å². The number of hydrogen-bond acceptors (Lipinski definition) is 4. The molecule has 8 heteroatoms. The number of aromatic nitrogens is 2. The molecule has 0 saturated heterocycles. The molecule has 1 aromatic heterocycles. The first-order valence-electron chi connectivity index (χ1n) is 8.84. The van der Waals surface area contributed by atoms with Crippen LogP contribution in [0, 0.1) is 12.7 Å². The van der Waals surface area contributed by atoms with E-state index in [1.807, 2.05) is 0 Å². The molecule has 28 heavy (non-hydrogen) atoms. The maximum Gasteiger partial charge on any atom is 0.269 e. The molecule has 0 radical (unpaired) electrons. The molecule has 0 spiro atoms. The number of fused-ring (bicyclic) bond motifs is 2. The average molecular weight is 380 g/mol. The van der Waals surface area contributed by atoms with Crippen molar-refractivity contribution in [2.75, 3.05) is 0 Å². The van der Waals surface area contributed by atoms with Crippen molar-refractivity contribution in [2.45, 2.75) is 26.3 Å². The van der Waals surface area contributed by atoms with Crippen molar-refractivity contribution in [3.05, 3.63) is 75.1 Å². The molecule has 2 heterocycles. The number of hydrazine groups is 1. The highest BCUT2D eigenvalue weighted by Gasteiger charge is 2.17. The van der Waals surface area contributed by atoms with Gasteiger partial charge in [0.2, 0.25) is 0 Å². The Morgan fingerprint density at radius 1 is 1.07 bits per heavy atom. The van der Waals surface area contributed by atoms with Crippen LogP contribution in [0.15, 0.2) is 41.2 Å². The third kappa shape index (κ3) is 3.13. The summed E-state index contributed by atoms with van der Waals surface area (Å²) in [7, 11) is 0. The number of hydrogen-bond donors (Lipinski definition) is 2. The molecule has 0 aliphatic carbocycles. The maximum atomic E-state index is 13.6. The normalized spacial score (nSPS) is 12.6. The number of halogens is 1. The van der Waals surface area contributed by atoms with Gasteiger partial charge in [0.05, 0.1) is 10.9 Å². The summed E-state index contributed by atoms with van der Waals surface area (Å²) in [4.78, 5) is 41.4. The quantitative estimate of drug-likeness (QED) is 0.664. The third-order valence-electron chi connectivity index (χ3n) is 4.80. The minimum Gasteiger partial charge on any atom is -0.296 e.